The number of aldehydes is 1. The van der Waals surface area contributed by atoms with Crippen molar-refractivity contribution < 1.29 is 19.1 Å². The summed E-state index contributed by atoms with van der Waals surface area (Å²) in [6.45, 7) is 0.288. The molecule has 0 bridgehead atoms. The van der Waals surface area contributed by atoms with Crippen molar-refractivity contribution in [3.05, 3.63) is 41.6 Å². The fourth-order valence-corrected chi connectivity index (χ4v) is 1.59. The first-order valence-electron chi connectivity index (χ1n) is 5.72. The van der Waals surface area contributed by atoms with Crippen LogP contribution in [0, 0.1) is 0 Å². The molecule has 1 aliphatic heterocycles. The van der Waals surface area contributed by atoms with Crippen molar-refractivity contribution in [1.82, 2.24) is 0 Å². The number of rotatable bonds is 5. The number of nitrogens with zero attached hydrogens (tertiary/aromatic N) is 1. The molecule has 1 heterocycles. The van der Waals surface area contributed by atoms with E-state index in [1.165, 1.54) is 12.3 Å². The van der Waals surface area contributed by atoms with Crippen LogP contribution in [0.4, 0.5) is 0 Å². The number of hydrogen-bond acceptors (Lipinski definition) is 5. The van der Waals surface area contributed by atoms with Crippen molar-refractivity contribution in [2.24, 2.45) is 4.99 Å². The second kappa shape index (κ2) is 6.06. The van der Waals surface area contributed by atoms with Gasteiger partial charge in [-0.1, -0.05) is 12.1 Å². The van der Waals surface area contributed by atoms with Crippen LogP contribution in [0.1, 0.15) is 5.56 Å². The van der Waals surface area contributed by atoms with E-state index in [0.29, 0.717) is 6.29 Å². The monoisotopic (exact) mass is 259 g/mol. The molecule has 5 nitrogen and oxygen atoms in total. The minimum atomic E-state index is -0.731. The second-order valence-electron chi connectivity index (χ2n) is 3.95. The molecule has 19 heavy (non-hydrogen) atoms. The van der Waals surface area contributed by atoms with Crippen molar-refractivity contribution in [1.29, 1.82) is 0 Å². The Labute approximate surface area is 110 Å². The number of allylic oxidation sites excluding steroid dienone is 1. The maximum absolute atomic E-state index is 11.6. The molecule has 0 radical (unpaired) electrons. The standard InChI is InChI=1S/C14H13NO4/c1-18-12-4-2-10(3-5-12)9-19-14-7-15-11(8-16)6-13(14)17/h2-8,14H,9H2,1H3. The Morgan fingerprint density at radius 1 is 1.32 bits per heavy atom. The summed E-state index contributed by atoms with van der Waals surface area (Å²) in [5.41, 5.74) is 1.04. The molecule has 1 atom stereocenters. The average molecular weight is 259 g/mol. The predicted octanol–water partition coefficient (Wildman–Crippen LogP) is 1.32. The van der Waals surface area contributed by atoms with E-state index in [0.717, 1.165) is 11.3 Å². The zero-order valence-electron chi connectivity index (χ0n) is 10.4. The first-order chi connectivity index (χ1) is 9.22. The number of ketones is 1. The van der Waals surface area contributed by atoms with Gasteiger partial charge in [-0.3, -0.25) is 14.6 Å². The summed E-state index contributed by atoms with van der Waals surface area (Å²) in [5, 5.41) is 0. The first kappa shape index (κ1) is 13.2. The second-order valence-corrected chi connectivity index (χ2v) is 3.95. The van der Waals surface area contributed by atoms with E-state index < -0.39 is 6.10 Å². The predicted molar refractivity (Wildman–Crippen MR) is 69.2 cm³/mol. The van der Waals surface area contributed by atoms with Crippen LogP contribution in [0.3, 0.4) is 0 Å². The van der Waals surface area contributed by atoms with Gasteiger partial charge in [-0.25, -0.2) is 0 Å². The number of benzene rings is 1. The Balaban J connectivity index is 1.92. The van der Waals surface area contributed by atoms with Crippen LogP contribution in [0.2, 0.25) is 0 Å². The third kappa shape index (κ3) is 3.35. The molecule has 0 aromatic heterocycles. The summed E-state index contributed by atoms with van der Waals surface area (Å²) < 4.78 is 10.5. The summed E-state index contributed by atoms with van der Waals surface area (Å²) in [4.78, 5) is 25.9. The molecule has 0 saturated carbocycles. The third-order valence-electron chi connectivity index (χ3n) is 2.64. The quantitative estimate of drug-likeness (QED) is 0.748. The van der Waals surface area contributed by atoms with Crippen molar-refractivity contribution in [2.45, 2.75) is 12.7 Å². The average Bonchev–Trinajstić information content (AvgIpc) is 2.46. The Bertz CT molecular complexity index is 531. The molecule has 0 N–H and O–H groups in total. The van der Waals surface area contributed by atoms with Crippen LogP contribution in [-0.4, -0.2) is 31.5 Å². The van der Waals surface area contributed by atoms with E-state index in [4.69, 9.17) is 9.47 Å². The van der Waals surface area contributed by atoms with Gasteiger partial charge in [-0.2, -0.15) is 0 Å². The van der Waals surface area contributed by atoms with Gasteiger partial charge < -0.3 is 9.47 Å². The molecule has 1 unspecified atom stereocenters. The van der Waals surface area contributed by atoms with Gasteiger partial charge in [0, 0.05) is 12.3 Å². The third-order valence-corrected chi connectivity index (χ3v) is 2.64. The molecule has 0 fully saturated rings. The van der Waals surface area contributed by atoms with Gasteiger partial charge in [-0.15, -0.1) is 0 Å². The van der Waals surface area contributed by atoms with E-state index in [1.807, 2.05) is 24.3 Å². The summed E-state index contributed by atoms with van der Waals surface area (Å²) in [6, 6.07) is 7.35. The van der Waals surface area contributed by atoms with Crippen LogP contribution >= 0.6 is 0 Å². The number of hydrogen-bond donors (Lipinski definition) is 0. The summed E-state index contributed by atoms with van der Waals surface area (Å²) >= 11 is 0. The highest BCUT2D eigenvalue weighted by Crippen LogP contribution is 2.13. The van der Waals surface area contributed by atoms with Crippen molar-refractivity contribution in [2.75, 3.05) is 7.11 Å². The number of carbonyl (C=O) groups excluding carboxylic acids is 2. The SMILES string of the molecule is COc1ccc(COC2C=NC(C=O)=CC2=O)cc1. The minimum absolute atomic E-state index is 0.120. The van der Waals surface area contributed by atoms with Crippen LogP contribution in [0.5, 0.6) is 5.75 Å². The maximum Gasteiger partial charge on any atom is 0.192 e. The summed E-state index contributed by atoms with van der Waals surface area (Å²) in [5.74, 6) is 0.489. The lowest BCUT2D eigenvalue weighted by molar-refractivity contribution is -0.122. The fourth-order valence-electron chi connectivity index (χ4n) is 1.59. The molecule has 0 aliphatic carbocycles. The maximum atomic E-state index is 11.6. The van der Waals surface area contributed by atoms with Crippen LogP contribution in [0.15, 0.2) is 41.0 Å². The van der Waals surface area contributed by atoms with Gasteiger partial charge >= 0.3 is 0 Å². The largest absolute Gasteiger partial charge is 0.497 e. The lowest BCUT2D eigenvalue weighted by Gasteiger charge is -2.13. The van der Waals surface area contributed by atoms with E-state index in [2.05, 4.69) is 4.99 Å². The van der Waals surface area contributed by atoms with Gasteiger partial charge in [0.2, 0.25) is 0 Å². The zero-order valence-corrected chi connectivity index (χ0v) is 10.4. The molecule has 1 aliphatic rings. The molecule has 5 heteroatoms. The number of ether oxygens (including phenoxy) is 2. The van der Waals surface area contributed by atoms with Gasteiger partial charge in [-0.05, 0) is 17.7 Å². The Morgan fingerprint density at radius 2 is 2.05 bits per heavy atom. The fraction of sp³-hybridized carbons (Fsp3) is 0.214. The van der Waals surface area contributed by atoms with Gasteiger partial charge in [0.15, 0.2) is 18.2 Å². The van der Waals surface area contributed by atoms with E-state index in [9.17, 15) is 9.59 Å². The molecule has 0 amide bonds. The van der Waals surface area contributed by atoms with E-state index >= 15 is 0 Å². The molecule has 98 valence electrons. The summed E-state index contributed by atoms with van der Waals surface area (Å²) in [7, 11) is 1.60. The molecule has 1 aromatic rings. The van der Waals surface area contributed by atoms with E-state index in [1.54, 1.807) is 7.11 Å². The molecule has 0 spiro atoms. The lowest BCUT2D eigenvalue weighted by Crippen LogP contribution is -2.27. The molecule has 2 rings (SSSR count). The number of methoxy groups -OCH3 is 1. The lowest BCUT2D eigenvalue weighted by atomic mass is 10.1. The smallest absolute Gasteiger partial charge is 0.192 e. The topological polar surface area (TPSA) is 65.0 Å². The summed E-state index contributed by atoms with van der Waals surface area (Å²) in [6.07, 6.45) is 2.33. The van der Waals surface area contributed by atoms with Crippen LogP contribution in [0.25, 0.3) is 0 Å². The Kier molecular flexibility index (Phi) is 4.20. The first-order valence-corrected chi connectivity index (χ1v) is 5.72. The highest BCUT2D eigenvalue weighted by atomic mass is 16.5. The number of aliphatic imine (C=N–C) groups is 1. The van der Waals surface area contributed by atoms with Crippen LogP contribution in [-0.2, 0) is 20.9 Å². The molecule has 0 saturated heterocycles. The number of carbonyl (C=O) groups is 2. The molecular weight excluding hydrogens is 246 g/mol. The highest BCUT2D eigenvalue weighted by molar-refractivity contribution is 6.09. The Hall–Kier alpha value is -2.27. The Morgan fingerprint density at radius 3 is 2.63 bits per heavy atom. The van der Waals surface area contributed by atoms with Crippen molar-refractivity contribution in [3.8, 4) is 5.75 Å². The van der Waals surface area contributed by atoms with Gasteiger partial charge in [0.1, 0.15) is 11.4 Å². The van der Waals surface area contributed by atoms with Crippen LogP contribution < -0.4 is 4.74 Å². The van der Waals surface area contributed by atoms with Crippen molar-refractivity contribution in [3.63, 3.8) is 0 Å². The highest BCUT2D eigenvalue weighted by Gasteiger charge is 2.19. The van der Waals surface area contributed by atoms with Gasteiger partial charge in [0.25, 0.3) is 0 Å². The van der Waals surface area contributed by atoms with Crippen molar-refractivity contribution >= 4 is 18.3 Å². The molecule has 1 aromatic carbocycles. The molecular formula is C14H13NO4. The van der Waals surface area contributed by atoms with E-state index in [-0.39, 0.29) is 18.1 Å². The minimum Gasteiger partial charge on any atom is -0.497 e. The normalized spacial score (nSPS) is 18.1. The van der Waals surface area contributed by atoms with Gasteiger partial charge in [0.05, 0.1) is 13.7 Å². The zero-order chi connectivity index (χ0) is 13.7.